The highest BCUT2D eigenvalue weighted by Crippen LogP contribution is 2.42. The molecular formula is C23H18FN3O2S. The van der Waals surface area contributed by atoms with Gasteiger partial charge in [0, 0.05) is 16.7 Å². The molecule has 0 spiro atoms. The van der Waals surface area contributed by atoms with Crippen LogP contribution in [0.2, 0.25) is 0 Å². The van der Waals surface area contributed by atoms with Gasteiger partial charge < -0.3 is 5.32 Å². The van der Waals surface area contributed by atoms with E-state index in [1.54, 1.807) is 36.5 Å². The van der Waals surface area contributed by atoms with E-state index in [1.165, 1.54) is 28.8 Å². The summed E-state index contributed by atoms with van der Waals surface area (Å²) in [6.45, 7) is 0.133. The number of fused-ring (bicyclic) bond motifs is 1. The minimum atomic E-state index is -0.406. The van der Waals surface area contributed by atoms with E-state index in [4.69, 9.17) is 0 Å². The number of hydrogen-bond donors (Lipinski definition) is 1. The molecule has 4 rings (SSSR count). The molecule has 2 aromatic carbocycles. The van der Waals surface area contributed by atoms with Crippen molar-refractivity contribution in [3.63, 3.8) is 0 Å². The zero-order valence-electron chi connectivity index (χ0n) is 15.9. The summed E-state index contributed by atoms with van der Waals surface area (Å²) in [6.07, 6.45) is 3.18. The second-order valence-corrected chi connectivity index (χ2v) is 7.67. The molecule has 7 heteroatoms. The van der Waals surface area contributed by atoms with Gasteiger partial charge in [0.25, 0.3) is 5.91 Å². The van der Waals surface area contributed by atoms with Crippen LogP contribution >= 0.6 is 11.8 Å². The predicted octanol–water partition coefficient (Wildman–Crippen LogP) is 4.02. The summed E-state index contributed by atoms with van der Waals surface area (Å²) in [5.74, 6) is -1.05. The number of aromatic nitrogens is 1. The lowest BCUT2D eigenvalue weighted by Crippen LogP contribution is -2.42. The molecule has 0 saturated heterocycles. The van der Waals surface area contributed by atoms with Crippen LogP contribution in [0, 0.1) is 5.82 Å². The number of amides is 2. The van der Waals surface area contributed by atoms with Gasteiger partial charge in [0.15, 0.2) is 0 Å². The lowest BCUT2D eigenvalue weighted by molar-refractivity contribution is -0.122. The Labute approximate surface area is 177 Å². The highest BCUT2D eigenvalue weighted by Gasteiger charge is 2.30. The van der Waals surface area contributed by atoms with E-state index in [2.05, 4.69) is 10.3 Å². The van der Waals surface area contributed by atoms with E-state index in [0.29, 0.717) is 16.2 Å². The van der Waals surface area contributed by atoms with Gasteiger partial charge in [-0.2, -0.15) is 0 Å². The summed E-state index contributed by atoms with van der Waals surface area (Å²) in [4.78, 5) is 32.5. The molecule has 3 aromatic rings. The van der Waals surface area contributed by atoms with E-state index in [-0.39, 0.29) is 24.9 Å². The zero-order chi connectivity index (χ0) is 20.9. The molecule has 2 amide bonds. The van der Waals surface area contributed by atoms with Crippen molar-refractivity contribution in [3.05, 3.63) is 94.9 Å². The van der Waals surface area contributed by atoms with Crippen LogP contribution < -0.4 is 10.2 Å². The third-order valence-electron chi connectivity index (χ3n) is 4.52. The summed E-state index contributed by atoms with van der Waals surface area (Å²) in [5, 5.41) is 2.79. The molecule has 0 unspecified atom stereocenters. The highest BCUT2D eigenvalue weighted by atomic mass is 32.2. The van der Waals surface area contributed by atoms with E-state index < -0.39 is 5.82 Å². The Morgan fingerprint density at radius 3 is 2.63 bits per heavy atom. The molecule has 1 aliphatic rings. The van der Waals surface area contributed by atoms with Gasteiger partial charge in [-0.1, -0.05) is 48.2 Å². The third-order valence-corrected chi connectivity index (χ3v) is 5.60. The van der Waals surface area contributed by atoms with Crippen LogP contribution in [0.1, 0.15) is 11.3 Å². The minimum absolute atomic E-state index is 0.141. The molecule has 0 fully saturated rings. The van der Waals surface area contributed by atoms with Crippen molar-refractivity contribution in [2.24, 2.45) is 0 Å². The number of halogens is 1. The number of para-hydroxylation sites is 1. The fourth-order valence-electron chi connectivity index (χ4n) is 3.04. The molecule has 0 radical (unpaired) electrons. The van der Waals surface area contributed by atoms with Crippen molar-refractivity contribution in [2.45, 2.75) is 11.4 Å². The van der Waals surface area contributed by atoms with Gasteiger partial charge in [0.05, 0.1) is 22.8 Å². The van der Waals surface area contributed by atoms with Crippen LogP contribution in [-0.4, -0.2) is 23.3 Å². The molecule has 1 aliphatic heterocycles. The number of carbonyl (C=O) groups is 2. The molecular weight excluding hydrogens is 401 g/mol. The van der Waals surface area contributed by atoms with Crippen molar-refractivity contribution in [2.75, 3.05) is 11.4 Å². The lowest BCUT2D eigenvalue weighted by atomic mass is 10.2. The molecule has 5 nitrogen and oxygen atoms in total. The number of pyridine rings is 1. The molecule has 1 aromatic heterocycles. The van der Waals surface area contributed by atoms with Crippen molar-refractivity contribution in [1.29, 1.82) is 0 Å². The molecule has 0 aliphatic carbocycles. The van der Waals surface area contributed by atoms with E-state index in [9.17, 15) is 14.0 Å². The van der Waals surface area contributed by atoms with Gasteiger partial charge in [-0.05, 0) is 36.4 Å². The standard InChI is InChI=1S/C23H18FN3O2S/c24-18-9-2-1-7-16(18)13-21-23(29)27(19-10-3-4-11-20(19)30-21)15-22(28)26-14-17-8-5-6-12-25-17/h1-13H,14-15H2,(H,26,28). The predicted molar refractivity (Wildman–Crippen MR) is 115 cm³/mol. The molecule has 30 heavy (non-hydrogen) atoms. The fraction of sp³-hybridized carbons (Fsp3) is 0.0870. The smallest absolute Gasteiger partial charge is 0.265 e. The number of rotatable bonds is 5. The summed E-state index contributed by atoms with van der Waals surface area (Å²) in [6, 6.07) is 19.1. The third kappa shape index (κ3) is 4.41. The van der Waals surface area contributed by atoms with E-state index >= 15 is 0 Å². The molecule has 0 saturated carbocycles. The first-order valence-corrected chi connectivity index (χ1v) is 10.1. The monoisotopic (exact) mass is 419 g/mol. The number of hydrogen-bond acceptors (Lipinski definition) is 4. The summed E-state index contributed by atoms with van der Waals surface area (Å²) < 4.78 is 14.1. The van der Waals surface area contributed by atoms with Crippen LogP contribution in [0.15, 0.2) is 82.7 Å². The molecule has 0 atom stereocenters. The Bertz CT molecular complexity index is 1120. The Morgan fingerprint density at radius 1 is 1.07 bits per heavy atom. The maximum atomic E-state index is 14.1. The van der Waals surface area contributed by atoms with Gasteiger partial charge >= 0.3 is 0 Å². The van der Waals surface area contributed by atoms with Crippen LogP contribution in [0.5, 0.6) is 0 Å². The molecule has 150 valence electrons. The SMILES string of the molecule is O=C(CN1C(=O)C(=Cc2ccccc2F)Sc2ccccc21)NCc1ccccn1. The fourth-order valence-corrected chi connectivity index (χ4v) is 4.09. The van der Waals surface area contributed by atoms with Gasteiger partial charge in [-0.15, -0.1) is 0 Å². The Morgan fingerprint density at radius 2 is 1.83 bits per heavy atom. The summed E-state index contributed by atoms with van der Waals surface area (Å²) in [7, 11) is 0. The molecule has 0 bridgehead atoms. The first kappa shape index (κ1) is 19.8. The maximum absolute atomic E-state index is 14.1. The van der Waals surface area contributed by atoms with Gasteiger partial charge in [0.2, 0.25) is 5.91 Å². The van der Waals surface area contributed by atoms with Crippen LogP contribution in [0.4, 0.5) is 10.1 Å². The number of nitrogens with one attached hydrogen (secondary N) is 1. The zero-order valence-corrected chi connectivity index (χ0v) is 16.7. The Kier molecular flexibility index (Phi) is 5.90. The van der Waals surface area contributed by atoms with Gasteiger partial charge in [0.1, 0.15) is 12.4 Å². The first-order valence-electron chi connectivity index (χ1n) is 9.33. The average molecular weight is 419 g/mol. The highest BCUT2D eigenvalue weighted by molar-refractivity contribution is 8.04. The molecule has 2 heterocycles. The van der Waals surface area contributed by atoms with Crippen molar-refractivity contribution < 1.29 is 14.0 Å². The van der Waals surface area contributed by atoms with Gasteiger partial charge in [-0.25, -0.2) is 4.39 Å². The maximum Gasteiger partial charge on any atom is 0.265 e. The van der Waals surface area contributed by atoms with Crippen LogP contribution in [0.3, 0.4) is 0 Å². The normalized spacial score (nSPS) is 14.5. The van der Waals surface area contributed by atoms with Crippen LogP contribution in [-0.2, 0) is 16.1 Å². The lowest BCUT2D eigenvalue weighted by Gasteiger charge is -2.29. The second kappa shape index (κ2) is 8.92. The number of thioether (sulfide) groups is 1. The van der Waals surface area contributed by atoms with Crippen molar-refractivity contribution >= 4 is 35.3 Å². The summed E-state index contributed by atoms with van der Waals surface area (Å²) >= 11 is 1.27. The first-order chi connectivity index (χ1) is 14.6. The minimum Gasteiger partial charge on any atom is -0.349 e. The van der Waals surface area contributed by atoms with Crippen molar-refractivity contribution in [1.82, 2.24) is 10.3 Å². The average Bonchev–Trinajstić information content (AvgIpc) is 2.77. The number of nitrogens with zero attached hydrogens (tertiary/aromatic N) is 2. The Balaban J connectivity index is 1.57. The number of carbonyl (C=O) groups excluding carboxylic acids is 2. The van der Waals surface area contributed by atoms with E-state index in [0.717, 1.165) is 10.6 Å². The summed E-state index contributed by atoms with van der Waals surface area (Å²) in [5.41, 5.74) is 1.71. The molecule has 1 N–H and O–H groups in total. The topological polar surface area (TPSA) is 62.3 Å². The van der Waals surface area contributed by atoms with Crippen molar-refractivity contribution in [3.8, 4) is 0 Å². The second-order valence-electron chi connectivity index (χ2n) is 6.59. The van der Waals surface area contributed by atoms with Crippen LogP contribution in [0.25, 0.3) is 6.08 Å². The number of anilines is 1. The number of benzene rings is 2. The Hall–Kier alpha value is -3.45. The van der Waals surface area contributed by atoms with E-state index in [1.807, 2.05) is 30.3 Å². The van der Waals surface area contributed by atoms with Gasteiger partial charge in [-0.3, -0.25) is 19.5 Å². The quantitative estimate of drug-likeness (QED) is 0.635. The largest absolute Gasteiger partial charge is 0.349 e.